The lowest BCUT2D eigenvalue weighted by molar-refractivity contribution is 0.636. The van der Waals surface area contributed by atoms with Crippen LogP contribution >= 0.6 is 11.3 Å². The molecule has 156 valence electrons. The van der Waals surface area contributed by atoms with Crippen LogP contribution in [0.1, 0.15) is 10.4 Å². The summed E-state index contributed by atoms with van der Waals surface area (Å²) in [6, 6.07) is 11.5. The van der Waals surface area contributed by atoms with E-state index in [4.69, 9.17) is 0 Å². The van der Waals surface area contributed by atoms with Crippen molar-refractivity contribution in [2.45, 2.75) is 13.8 Å². The summed E-state index contributed by atoms with van der Waals surface area (Å²) in [4.78, 5) is 19.1. The van der Waals surface area contributed by atoms with Gasteiger partial charge in [0.1, 0.15) is 11.2 Å². The fourth-order valence-electron chi connectivity index (χ4n) is 3.99. The second-order valence-electron chi connectivity index (χ2n) is 7.70. The molecular formula is C24H17FN6S. The maximum absolute atomic E-state index is 14.9. The number of aromatic nitrogens is 6. The first-order valence-electron chi connectivity index (χ1n) is 10.1. The smallest absolute Gasteiger partial charge is 0.178 e. The molecule has 0 unspecified atom stereocenters. The van der Waals surface area contributed by atoms with Crippen molar-refractivity contribution in [1.29, 1.82) is 0 Å². The van der Waals surface area contributed by atoms with Crippen LogP contribution < -0.4 is 0 Å². The highest BCUT2D eigenvalue weighted by molar-refractivity contribution is 7.15. The third-order valence-corrected chi connectivity index (χ3v) is 6.63. The largest absolute Gasteiger partial charge is 0.335 e. The van der Waals surface area contributed by atoms with E-state index in [1.807, 2.05) is 25.1 Å². The quantitative estimate of drug-likeness (QED) is 0.351. The second-order valence-corrected chi connectivity index (χ2v) is 8.98. The van der Waals surface area contributed by atoms with Gasteiger partial charge in [0.05, 0.1) is 5.52 Å². The Morgan fingerprint density at radius 2 is 1.91 bits per heavy atom. The molecular weight excluding hydrogens is 423 g/mol. The molecule has 5 heterocycles. The van der Waals surface area contributed by atoms with Crippen LogP contribution in [0.15, 0.2) is 55.0 Å². The highest BCUT2D eigenvalue weighted by atomic mass is 32.1. The number of hydrogen-bond acceptors (Lipinski definition) is 5. The van der Waals surface area contributed by atoms with Gasteiger partial charge in [-0.25, -0.2) is 14.4 Å². The van der Waals surface area contributed by atoms with Gasteiger partial charge >= 0.3 is 0 Å². The van der Waals surface area contributed by atoms with E-state index in [-0.39, 0.29) is 5.52 Å². The van der Waals surface area contributed by atoms with Crippen molar-refractivity contribution in [3.8, 4) is 33.1 Å². The van der Waals surface area contributed by atoms with Gasteiger partial charge in [-0.3, -0.25) is 10.1 Å². The number of aryl methyl sites for hydroxylation is 2. The van der Waals surface area contributed by atoms with E-state index in [2.05, 4.69) is 49.2 Å². The zero-order chi connectivity index (χ0) is 21.8. The standard InChI is InChI=1S/C24H17FN6S/c1-12-5-7-26-11-17(12)14-9-16-20(18(25)10-14)30-31-22(16)24-28-21-15(6-8-27-23(21)29-24)19-4-3-13(2)32-19/h3-11H,1-2H3,(H,30,31)(H,27,28,29). The maximum atomic E-state index is 14.9. The summed E-state index contributed by atoms with van der Waals surface area (Å²) in [7, 11) is 0. The Morgan fingerprint density at radius 1 is 1.00 bits per heavy atom. The van der Waals surface area contributed by atoms with Gasteiger partial charge in [0.25, 0.3) is 0 Å². The molecule has 0 fully saturated rings. The van der Waals surface area contributed by atoms with E-state index < -0.39 is 5.82 Å². The highest BCUT2D eigenvalue weighted by Gasteiger charge is 2.19. The van der Waals surface area contributed by atoms with Crippen LogP contribution in [0.25, 0.3) is 55.2 Å². The Balaban J connectivity index is 1.55. The minimum absolute atomic E-state index is 0.271. The second kappa shape index (κ2) is 7.06. The van der Waals surface area contributed by atoms with Crippen molar-refractivity contribution >= 4 is 33.4 Å². The van der Waals surface area contributed by atoms with Gasteiger partial charge < -0.3 is 4.98 Å². The molecule has 0 aliphatic heterocycles. The van der Waals surface area contributed by atoms with Crippen molar-refractivity contribution in [2.75, 3.05) is 0 Å². The van der Waals surface area contributed by atoms with Gasteiger partial charge in [-0.15, -0.1) is 11.3 Å². The molecule has 32 heavy (non-hydrogen) atoms. The summed E-state index contributed by atoms with van der Waals surface area (Å²) < 4.78 is 14.9. The molecule has 0 bridgehead atoms. The zero-order valence-electron chi connectivity index (χ0n) is 17.3. The third kappa shape index (κ3) is 2.91. The van der Waals surface area contributed by atoms with Crippen molar-refractivity contribution < 1.29 is 4.39 Å². The minimum Gasteiger partial charge on any atom is -0.335 e. The fraction of sp³-hybridized carbons (Fsp3) is 0.0833. The Kier molecular flexibility index (Phi) is 4.16. The number of nitrogens with zero attached hydrogens (tertiary/aromatic N) is 4. The Bertz CT molecular complexity index is 1630. The normalized spacial score (nSPS) is 11.6. The molecule has 0 aliphatic rings. The molecule has 0 radical (unpaired) electrons. The Hall–Kier alpha value is -3.91. The van der Waals surface area contributed by atoms with Crippen LogP contribution in [0.2, 0.25) is 0 Å². The predicted molar refractivity (Wildman–Crippen MR) is 125 cm³/mol. The molecule has 1 aromatic carbocycles. The van der Waals surface area contributed by atoms with E-state index in [1.54, 1.807) is 29.9 Å². The van der Waals surface area contributed by atoms with Crippen molar-refractivity contribution in [3.63, 3.8) is 0 Å². The minimum atomic E-state index is -0.396. The molecule has 0 saturated carbocycles. The molecule has 8 heteroatoms. The molecule has 0 saturated heterocycles. The predicted octanol–water partition coefficient (Wildman–Crippen LogP) is 6.05. The number of hydrogen-bond donors (Lipinski definition) is 2. The molecule has 0 spiro atoms. The van der Waals surface area contributed by atoms with E-state index >= 15 is 0 Å². The fourth-order valence-corrected chi connectivity index (χ4v) is 4.89. The van der Waals surface area contributed by atoms with Crippen molar-refractivity contribution in [3.05, 3.63) is 71.2 Å². The number of fused-ring (bicyclic) bond motifs is 2. The van der Waals surface area contributed by atoms with Gasteiger partial charge in [-0.2, -0.15) is 5.10 Å². The summed E-state index contributed by atoms with van der Waals surface area (Å²) in [5.74, 6) is 0.169. The Labute approximate surface area is 186 Å². The molecule has 6 nitrogen and oxygen atoms in total. The Morgan fingerprint density at radius 3 is 2.72 bits per heavy atom. The number of H-pyrrole nitrogens is 2. The summed E-state index contributed by atoms with van der Waals surface area (Å²) in [5, 5.41) is 7.82. The van der Waals surface area contributed by atoms with Crippen molar-refractivity contribution in [1.82, 2.24) is 30.1 Å². The van der Waals surface area contributed by atoms with Crippen LogP contribution in [0, 0.1) is 19.7 Å². The van der Waals surface area contributed by atoms with E-state index in [1.165, 1.54) is 10.9 Å². The van der Waals surface area contributed by atoms with Crippen LogP contribution in [0.5, 0.6) is 0 Å². The first-order chi connectivity index (χ1) is 15.6. The van der Waals surface area contributed by atoms with Gasteiger partial charge in [-0.05, 0) is 61.4 Å². The van der Waals surface area contributed by atoms with Crippen molar-refractivity contribution in [2.24, 2.45) is 0 Å². The van der Waals surface area contributed by atoms with Gasteiger partial charge in [0.15, 0.2) is 17.3 Å². The summed E-state index contributed by atoms with van der Waals surface area (Å²) in [6.07, 6.45) is 5.23. The molecule has 6 rings (SSSR count). The molecule has 6 aromatic rings. The summed E-state index contributed by atoms with van der Waals surface area (Å²) in [6.45, 7) is 4.06. The maximum Gasteiger partial charge on any atom is 0.178 e. The number of halogens is 1. The summed E-state index contributed by atoms with van der Waals surface area (Å²) in [5.41, 5.74) is 6.01. The van der Waals surface area contributed by atoms with Crippen LogP contribution in [0.3, 0.4) is 0 Å². The molecule has 0 aliphatic carbocycles. The number of nitrogens with one attached hydrogen (secondary N) is 2. The topological polar surface area (TPSA) is 83.1 Å². The number of benzene rings is 1. The van der Waals surface area contributed by atoms with Gasteiger partial charge in [0, 0.05) is 44.9 Å². The zero-order valence-corrected chi connectivity index (χ0v) is 18.1. The lowest BCUT2D eigenvalue weighted by Gasteiger charge is -2.06. The number of pyridine rings is 2. The first-order valence-corrected chi connectivity index (χ1v) is 10.9. The van der Waals surface area contributed by atoms with Gasteiger partial charge in [0.2, 0.25) is 0 Å². The monoisotopic (exact) mass is 440 g/mol. The number of thiophene rings is 1. The van der Waals surface area contributed by atoms with E-state index in [0.29, 0.717) is 22.6 Å². The SMILES string of the molecule is Cc1ccc(-c2ccnc3nc(-c4[nH]nc5c(F)cc(-c6cnccc6C)cc45)[nH]c23)s1. The first kappa shape index (κ1) is 18.8. The number of aromatic amines is 2. The molecule has 0 amide bonds. The van der Waals surface area contributed by atoms with Gasteiger partial charge in [-0.1, -0.05) is 0 Å². The van der Waals surface area contributed by atoms with Crippen LogP contribution in [-0.2, 0) is 0 Å². The van der Waals surface area contributed by atoms with E-state index in [0.717, 1.165) is 32.6 Å². The third-order valence-electron chi connectivity index (χ3n) is 5.60. The average Bonchev–Trinajstić information content (AvgIpc) is 3.51. The highest BCUT2D eigenvalue weighted by Crippen LogP contribution is 2.35. The summed E-state index contributed by atoms with van der Waals surface area (Å²) >= 11 is 1.72. The van der Waals surface area contributed by atoms with Crippen LogP contribution in [-0.4, -0.2) is 30.1 Å². The molecule has 2 N–H and O–H groups in total. The molecule has 5 aromatic heterocycles. The lowest BCUT2D eigenvalue weighted by atomic mass is 10.0. The van der Waals surface area contributed by atoms with Crippen LogP contribution in [0.4, 0.5) is 4.39 Å². The lowest BCUT2D eigenvalue weighted by Crippen LogP contribution is -1.88. The average molecular weight is 441 g/mol. The number of rotatable bonds is 3. The number of imidazole rings is 1. The van der Waals surface area contributed by atoms with E-state index in [9.17, 15) is 4.39 Å². The molecule has 0 atom stereocenters.